The maximum atomic E-state index is 7.65. The second kappa shape index (κ2) is 8.65. The standard InChI is InChI=1S/C29H18N6/c1-30-29-25(35-18-9-8-17-24(35)31-29)22-15-10-16-23(19-22)28-33-26(20-11-4-2-5-12-20)32-27(34-28)21-13-6-3-7-14-21/h2-19H. The third kappa shape index (κ3) is 3.81. The number of benzene rings is 3. The molecule has 0 aliphatic carbocycles. The van der Waals surface area contributed by atoms with Crippen LogP contribution in [0.3, 0.4) is 0 Å². The van der Waals surface area contributed by atoms with E-state index in [0.717, 1.165) is 33.6 Å². The van der Waals surface area contributed by atoms with E-state index in [9.17, 15) is 0 Å². The average molecular weight is 451 g/mol. The van der Waals surface area contributed by atoms with E-state index in [1.807, 2.05) is 114 Å². The highest BCUT2D eigenvalue weighted by molar-refractivity contribution is 5.80. The maximum Gasteiger partial charge on any atom is 0.296 e. The van der Waals surface area contributed by atoms with E-state index in [1.54, 1.807) is 0 Å². The number of fused-ring (bicyclic) bond motifs is 1. The highest BCUT2D eigenvalue weighted by atomic mass is 15.1. The van der Waals surface area contributed by atoms with Crippen LogP contribution in [0.1, 0.15) is 0 Å². The molecule has 0 saturated carbocycles. The third-order valence-electron chi connectivity index (χ3n) is 5.71. The van der Waals surface area contributed by atoms with Crippen molar-refractivity contribution in [3.63, 3.8) is 0 Å². The van der Waals surface area contributed by atoms with Gasteiger partial charge in [-0.3, -0.25) is 4.40 Å². The molecule has 0 saturated heterocycles. The summed E-state index contributed by atoms with van der Waals surface area (Å²) in [5, 5.41) is 0. The summed E-state index contributed by atoms with van der Waals surface area (Å²) < 4.78 is 1.94. The molecule has 6 nitrogen and oxygen atoms in total. The Hall–Kier alpha value is -5.15. The quantitative estimate of drug-likeness (QED) is 0.279. The predicted octanol–water partition coefficient (Wildman–Crippen LogP) is 6.74. The van der Waals surface area contributed by atoms with Gasteiger partial charge in [0, 0.05) is 29.0 Å². The first kappa shape index (κ1) is 20.5. The van der Waals surface area contributed by atoms with Crippen molar-refractivity contribution in [2.45, 2.75) is 0 Å². The van der Waals surface area contributed by atoms with Crippen LogP contribution in [0, 0.1) is 6.57 Å². The molecule has 6 heteroatoms. The number of rotatable bonds is 4. The van der Waals surface area contributed by atoms with Crippen LogP contribution >= 0.6 is 0 Å². The van der Waals surface area contributed by atoms with Gasteiger partial charge >= 0.3 is 0 Å². The minimum absolute atomic E-state index is 0.360. The van der Waals surface area contributed by atoms with Crippen molar-refractivity contribution < 1.29 is 0 Å². The number of aromatic nitrogens is 5. The molecule has 3 aromatic carbocycles. The van der Waals surface area contributed by atoms with Crippen LogP contribution in [-0.4, -0.2) is 24.3 Å². The predicted molar refractivity (Wildman–Crippen MR) is 137 cm³/mol. The van der Waals surface area contributed by atoms with Crippen molar-refractivity contribution in [1.29, 1.82) is 0 Å². The topological polar surface area (TPSA) is 60.3 Å². The molecular weight excluding hydrogens is 432 g/mol. The van der Waals surface area contributed by atoms with Crippen molar-refractivity contribution in [2.24, 2.45) is 0 Å². The minimum atomic E-state index is 0.360. The van der Waals surface area contributed by atoms with E-state index in [-0.39, 0.29) is 0 Å². The highest BCUT2D eigenvalue weighted by Crippen LogP contribution is 2.33. The summed E-state index contributed by atoms with van der Waals surface area (Å²) in [6.45, 7) is 7.65. The van der Waals surface area contributed by atoms with Crippen molar-refractivity contribution >= 4 is 11.5 Å². The van der Waals surface area contributed by atoms with Crippen molar-refractivity contribution in [2.75, 3.05) is 0 Å². The lowest BCUT2D eigenvalue weighted by Gasteiger charge is -2.10. The second-order valence-corrected chi connectivity index (χ2v) is 7.94. The Morgan fingerprint density at radius 3 is 1.71 bits per heavy atom. The zero-order valence-electron chi connectivity index (χ0n) is 18.6. The van der Waals surface area contributed by atoms with Gasteiger partial charge in [-0.05, 0) is 17.7 Å². The Kier molecular flexibility index (Phi) is 5.06. The lowest BCUT2D eigenvalue weighted by molar-refractivity contribution is 1.07. The van der Waals surface area contributed by atoms with Crippen LogP contribution in [0.4, 0.5) is 5.82 Å². The van der Waals surface area contributed by atoms with Crippen LogP contribution in [0.15, 0.2) is 109 Å². The van der Waals surface area contributed by atoms with Crippen molar-refractivity contribution in [1.82, 2.24) is 24.3 Å². The van der Waals surface area contributed by atoms with Gasteiger partial charge in [0.2, 0.25) is 5.65 Å². The number of pyridine rings is 1. The van der Waals surface area contributed by atoms with Gasteiger partial charge in [0.25, 0.3) is 5.82 Å². The Morgan fingerprint density at radius 2 is 1.09 bits per heavy atom. The van der Waals surface area contributed by atoms with Gasteiger partial charge in [0.1, 0.15) is 0 Å². The Bertz CT molecular complexity index is 1640. The van der Waals surface area contributed by atoms with Crippen LogP contribution in [0.25, 0.3) is 55.9 Å². The summed E-state index contributed by atoms with van der Waals surface area (Å²) >= 11 is 0. The monoisotopic (exact) mass is 450 g/mol. The highest BCUT2D eigenvalue weighted by Gasteiger charge is 2.17. The van der Waals surface area contributed by atoms with E-state index in [0.29, 0.717) is 23.3 Å². The normalized spacial score (nSPS) is 10.8. The SMILES string of the molecule is [C-]#[N+]c1nc2ccccn2c1-c1cccc(-c2nc(-c3ccccc3)nc(-c3ccccc3)n2)c1. The first-order valence-corrected chi connectivity index (χ1v) is 11.1. The average Bonchev–Trinajstić information content (AvgIpc) is 3.33. The van der Waals surface area contributed by atoms with Crippen LogP contribution in [0.2, 0.25) is 0 Å². The molecule has 6 aromatic rings. The summed E-state index contributed by atoms with van der Waals surface area (Å²) in [4.78, 5) is 22.6. The van der Waals surface area contributed by atoms with E-state index < -0.39 is 0 Å². The molecule has 0 fully saturated rings. The van der Waals surface area contributed by atoms with Crippen molar-refractivity contribution in [3.05, 3.63) is 121 Å². The molecule has 6 rings (SSSR count). The summed E-state index contributed by atoms with van der Waals surface area (Å²) in [5.41, 5.74) is 5.02. The Labute approximate surface area is 202 Å². The lowest BCUT2D eigenvalue weighted by atomic mass is 10.1. The lowest BCUT2D eigenvalue weighted by Crippen LogP contribution is -2.00. The molecule has 3 heterocycles. The fourth-order valence-electron chi connectivity index (χ4n) is 4.07. The molecule has 0 N–H and O–H groups in total. The largest absolute Gasteiger partial charge is 0.359 e. The van der Waals surface area contributed by atoms with Gasteiger partial charge in [-0.2, -0.15) is 0 Å². The summed E-state index contributed by atoms with van der Waals surface area (Å²) in [5.74, 6) is 2.14. The molecule has 0 radical (unpaired) electrons. The molecule has 35 heavy (non-hydrogen) atoms. The molecule has 164 valence electrons. The molecule has 0 spiro atoms. The van der Waals surface area contributed by atoms with Crippen LogP contribution in [-0.2, 0) is 0 Å². The number of hydrogen-bond acceptors (Lipinski definition) is 4. The minimum Gasteiger partial charge on any atom is -0.359 e. The maximum absolute atomic E-state index is 7.65. The zero-order valence-corrected chi connectivity index (χ0v) is 18.6. The summed E-state index contributed by atoms with van der Waals surface area (Å²) in [6, 6.07) is 33.4. The fourth-order valence-corrected chi connectivity index (χ4v) is 4.07. The molecule has 0 aliphatic heterocycles. The van der Waals surface area contributed by atoms with Crippen LogP contribution < -0.4 is 0 Å². The van der Waals surface area contributed by atoms with E-state index in [2.05, 4.69) is 9.83 Å². The first-order valence-electron chi connectivity index (χ1n) is 11.1. The van der Waals surface area contributed by atoms with Gasteiger partial charge in [0.15, 0.2) is 17.5 Å². The molecule has 0 bridgehead atoms. The summed E-state index contributed by atoms with van der Waals surface area (Å²) in [7, 11) is 0. The van der Waals surface area contributed by atoms with E-state index >= 15 is 0 Å². The molecular formula is C29H18N6. The Morgan fingerprint density at radius 1 is 0.543 bits per heavy atom. The zero-order chi connectivity index (χ0) is 23.6. The van der Waals surface area contributed by atoms with Crippen molar-refractivity contribution in [3.8, 4) is 45.4 Å². The third-order valence-corrected chi connectivity index (χ3v) is 5.71. The van der Waals surface area contributed by atoms with E-state index in [4.69, 9.17) is 21.5 Å². The smallest absolute Gasteiger partial charge is 0.296 e. The summed E-state index contributed by atoms with van der Waals surface area (Å²) in [6.07, 6.45) is 1.92. The number of nitrogens with zero attached hydrogens (tertiary/aromatic N) is 6. The fraction of sp³-hybridized carbons (Fsp3) is 0. The van der Waals surface area contributed by atoms with E-state index in [1.165, 1.54) is 0 Å². The van der Waals surface area contributed by atoms with Gasteiger partial charge < -0.3 is 4.85 Å². The van der Waals surface area contributed by atoms with Gasteiger partial charge in [0.05, 0.1) is 5.69 Å². The molecule has 0 atom stereocenters. The van der Waals surface area contributed by atoms with Crippen LogP contribution in [0.5, 0.6) is 0 Å². The molecule has 0 unspecified atom stereocenters. The molecule has 3 aromatic heterocycles. The van der Waals surface area contributed by atoms with Gasteiger partial charge in [-0.25, -0.2) is 15.0 Å². The molecule has 0 amide bonds. The number of imidazole rings is 1. The molecule has 0 aliphatic rings. The number of hydrogen-bond donors (Lipinski definition) is 0. The first-order chi connectivity index (χ1) is 17.3. The second-order valence-electron chi connectivity index (χ2n) is 7.94. The van der Waals surface area contributed by atoms with Gasteiger partial charge in [-0.15, -0.1) is 0 Å². The van der Waals surface area contributed by atoms with Gasteiger partial charge in [-0.1, -0.05) is 96.5 Å². The Balaban J connectivity index is 1.54.